The standard InChI is InChI=1S/C8H14F3NO/c1-6(13,8(9,10)11)7(12)4-2-3-5-7/h13H,2-5,12H2,1H3. The summed E-state index contributed by atoms with van der Waals surface area (Å²) in [6, 6.07) is 0. The average molecular weight is 197 g/mol. The van der Waals surface area contributed by atoms with E-state index in [4.69, 9.17) is 5.73 Å². The van der Waals surface area contributed by atoms with Crippen LogP contribution in [-0.2, 0) is 0 Å². The van der Waals surface area contributed by atoms with Crippen LogP contribution < -0.4 is 5.73 Å². The van der Waals surface area contributed by atoms with Crippen molar-refractivity contribution in [2.45, 2.75) is 49.9 Å². The van der Waals surface area contributed by atoms with Crippen molar-refractivity contribution in [2.75, 3.05) is 0 Å². The average Bonchev–Trinajstić information content (AvgIpc) is 2.35. The maximum atomic E-state index is 12.4. The number of rotatable bonds is 1. The van der Waals surface area contributed by atoms with E-state index in [1.54, 1.807) is 0 Å². The summed E-state index contributed by atoms with van der Waals surface area (Å²) >= 11 is 0. The smallest absolute Gasteiger partial charge is 0.379 e. The second-order valence-electron chi connectivity index (χ2n) is 3.93. The highest BCUT2D eigenvalue weighted by molar-refractivity contribution is 5.07. The maximum absolute atomic E-state index is 12.4. The molecule has 5 heteroatoms. The molecule has 1 aliphatic carbocycles. The fraction of sp³-hybridized carbons (Fsp3) is 1.00. The summed E-state index contributed by atoms with van der Waals surface area (Å²) < 4.78 is 37.2. The molecule has 13 heavy (non-hydrogen) atoms. The molecular weight excluding hydrogens is 183 g/mol. The van der Waals surface area contributed by atoms with E-state index in [0.717, 1.165) is 6.92 Å². The third-order valence-corrected chi connectivity index (χ3v) is 3.02. The van der Waals surface area contributed by atoms with Crippen LogP contribution in [0.1, 0.15) is 32.6 Å². The topological polar surface area (TPSA) is 46.2 Å². The minimum absolute atomic E-state index is 0.236. The summed E-state index contributed by atoms with van der Waals surface area (Å²) in [5, 5.41) is 9.36. The summed E-state index contributed by atoms with van der Waals surface area (Å²) in [6.45, 7) is 0.762. The van der Waals surface area contributed by atoms with Crippen LogP contribution >= 0.6 is 0 Å². The minimum atomic E-state index is -4.65. The molecule has 0 aromatic carbocycles. The van der Waals surface area contributed by atoms with Gasteiger partial charge in [0.15, 0.2) is 5.60 Å². The molecule has 78 valence electrons. The second-order valence-corrected chi connectivity index (χ2v) is 3.93. The van der Waals surface area contributed by atoms with Gasteiger partial charge in [0.1, 0.15) is 0 Å². The molecule has 1 atom stereocenters. The largest absolute Gasteiger partial charge is 0.418 e. The van der Waals surface area contributed by atoms with Gasteiger partial charge in [0.05, 0.1) is 5.54 Å². The molecule has 1 unspecified atom stereocenters. The van der Waals surface area contributed by atoms with E-state index in [-0.39, 0.29) is 12.8 Å². The lowest BCUT2D eigenvalue weighted by atomic mass is 9.80. The Balaban J connectivity index is 2.91. The normalized spacial score (nSPS) is 27.2. The lowest BCUT2D eigenvalue weighted by Crippen LogP contribution is -2.64. The molecule has 0 saturated heterocycles. The Labute approximate surface area is 74.9 Å². The van der Waals surface area contributed by atoms with Gasteiger partial charge in [-0.1, -0.05) is 12.8 Å². The number of alkyl halides is 3. The minimum Gasteiger partial charge on any atom is -0.379 e. The molecule has 0 aromatic rings. The monoisotopic (exact) mass is 197 g/mol. The second kappa shape index (κ2) is 2.85. The van der Waals surface area contributed by atoms with Crippen LogP contribution in [0.3, 0.4) is 0 Å². The Morgan fingerprint density at radius 1 is 1.23 bits per heavy atom. The molecule has 2 nitrogen and oxygen atoms in total. The number of aliphatic hydroxyl groups is 1. The van der Waals surface area contributed by atoms with Gasteiger partial charge in [0.2, 0.25) is 0 Å². The third-order valence-electron chi connectivity index (χ3n) is 3.02. The highest BCUT2D eigenvalue weighted by Gasteiger charge is 2.61. The molecule has 0 radical (unpaired) electrons. The zero-order valence-corrected chi connectivity index (χ0v) is 7.49. The van der Waals surface area contributed by atoms with Crippen LogP contribution in [0.25, 0.3) is 0 Å². The number of halogens is 3. The van der Waals surface area contributed by atoms with Gasteiger partial charge in [-0.25, -0.2) is 0 Å². The fourth-order valence-electron chi connectivity index (χ4n) is 1.77. The van der Waals surface area contributed by atoms with E-state index in [2.05, 4.69) is 0 Å². The fourth-order valence-corrected chi connectivity index (χ4v) is 1.77. The van der Waals surface area contributed by atoms with Crippen molar-refractivity contribution in [3.63, 3.8) is 0 Å². The zero-order chi connectivity index (χ0) is 10.3. The molecule has 0 aromatic heterocycles. The summed E-state index contributed by atoms with van der Waals surface area (Å²) in [7, 11) is 0. The van der Waals surface area contributed by atoms with Gasteiger partial charge < -0.3 is 10.8 Å². The van der Waals surface area contributed by atoms with Gasteiger partial charge in [-0.3, -0.25) is 0 Å². The molecule has 0 amide bonds. The van der Waals surface area contributed by atoms with E-state index < -0.39 is 17.3 Å². The first-order valence-corrected chi connectivity index (χ1v) is 4.29. The molecule has 0 aliphatic heterocycles. The first-order chi connectivity index (χ1) is 5.71. The SMILES string of the molecule is CC(O)(C(F)(F)F)C1(N)CCCC1. The lowest BCUT2D eigenvalue weighted by Gasteiger charge is -2.40. The number of hydrogen-bond acceptors (Lipinski definition) is 2. The predicted molar refractivity (Wildman–Crippen MR) is 42.1 cm³/mol. The molecule has 0 spiro atoms. The molecule has 1 saturated carbocycles. The Morgan fingerprint density at radius 3 is 1.92 bits per heavy atom. The number of hydrogen-bond donors (Lipinski definition) is 2. The molecule has 0 bridgehead atoms. The molecule has 1 rings (SSSR count). The Hall–Kier alpha value is -0.290. The molecule has 1 fully saturated rings. The van der Waals surface area contributed by atoms with Crippen LogP contribution in [0.2, 0.25) is 0 Å². The van der Waals surface area contributed by atoms with E-state index >= 15 is 0 Å². The van der Waals surface area contributed by atoms with Gasteiger partial charge in [-0.05, 0) is 19.8 Å². The Kier molecular flexibility index (Phi) is 2.37. The van der Waals surface area contributed by atoms with Crippen molar-refractivity contribution in [1.82, 2.24) is 0 Å². The van der Waals surface area contributed by atoms with Gasteiger partial charge >= 0.3 is 6.18 Å². The third kappa shape index (κ3) is 1.55. The van der Waals surface area contributed by atoms with Crippen molar-refractivity contribution in [3.8, 4) is 0 Å². The van der Waals surface area contributed by atoms with Crippen molar-refractivity contribution >= 4 is 0 Å². The van der Waals surface area contributed by atoms with Crippen LogP contribution in [-0.4, -0.2) is 22.4 Å². The number of nitrogens with two attached hydrogens (primary N) is 1. The molecule has 3 N–H and O–H groups in total. The first-order valence-electron chi connectivity index (χ1n) is 4.29. The van der Waals surface area contributed by atoms with Gasteiger partial charge in [-0.15, -0.1) is 0 Å². The van der Waals surface area contributed by atoms with E-state index in [1.165, 1.54) is 0 Å². The Bertz CT molecular complexity index is 194. The zero-order valence-electron chi connectivity index (χ0n) is 7.49. The van der Waals surface area contributed by atoms with Gasteiger partial charge in [0.25, 0.3) is 0 Å². The van der Waals surface area contributed by atoms with Crippen LogP contribution in [0.5, 0.6) is 0 Å². The van der Waals surface area contributed by atoms with E-state index in [1.807, 2.05) is 0 Å². The Morgan fingerprint density at radius 2 is 1.62 bits per heavy atom. The van der Waals surface area contributed by atoms with Crippen LogP contribution in [0.15, 0.2) is 0 Å². The first kappa shape index (κ1) is 10.8. The molecular formula is C8H14F3NO. The van der Waals surface area contributed by atoms with Crippen molar-refractivity contribution in [3.05, 3.63) is 0 Å². The lowest BCUT2D eigenvalue weighted by molar-refractivity contribution is -0.275. The van der Waals surface area contributed by atoms with Crippen LogP contribution in [0.4, 0.5) is 13.2 Å². The molecule has 0 heterocycles. The molecule has 1 aliphatic rings. The van der Waals surface area contributed by atoms with Crippen molar-refractivity contribution in [2.24, 2.45) is 5.73 Å². The van der Waals surface area contributed by atoms with Gasteiger partial charge in [0, 0.05) is 0 Å². The van der Waals surface area contributed by atoms with E-state index in [9.17, 15) is 18.3 Å². The van der Waals surface area contributed by atoms with Gasteiger partial charge in [-0.2, -0.15) is 13.2 Å². The summed E-state index contributed by atoms with van der Waals surface area (Å²) in [5.41, 5.74) is 1.29. The summed E-state index contributed by atoms with van der Waals surface area (Å²) in [6.07, 6.45) is -2.86. The summed E-state index contributed by atoms with van der Waals surface area (Å²) in [5.74, 6) is 0. The van der Waals surface area contributed by atoms with Crippen molar-refractivity contribution < 1.29 is 18.3 Å². The van der Waals surface area contributed by atoms with Crippen molar-refractivity contribution in [1.29, 1.82) is 0 Å². The van der Waals surface area contributed by atoms with Crippen LogP contribution in [0, 0.1) is 0 Å². The van der Waals surface area contributed by atoms with E-state index in [0.29, 0.717) is 12.8 Å². The highest BCUT2D eigenvalue weighted by atomic mass is 19.4. The maximum Gasteiger partial charge on any atom is 0.418 e. The summed E-state index contributed by atoms with van der Waals surface area (Å²) in [4.78, 5) is 0. The quantitative estimate of drug-likeness (QED) is 0.670. The highest BCUT2D eigenvalue weighted by Crippen LogP contribution is 2.44. The predicted octanol–water partition coefficient (Wildman–Crippen LogP) is 1.57.